The maximum absolute atomic E-state index is 13.2. The zero-order valence-electron chi connectivity index (χ0n) is 9.52. The summed E-state index contributed by atoms with van der Waals surface area (Å²) < 4.78 is 18.1. The topological polar surface area (TPSA) is 49.8 Å². The Kier molecular flexibility index (Phi) is 3.28. The highest BCUT2D eigenvalue weighted by Gasteiger charge is 2.31. The van der Waals surface area contributed by atoms with Gasteiger partial charge in [0.1, 0.15) is 5.82 Å². The van der Waals surface area contributed by atoms with Crippen LogP contribution in [0.4, 0.5) is 10.1 Å². The number of hydrogen-bond donors (Lipinski definition) is 1. The van der Waals surface area contributed by atoms with Gasteiger partial charge in [-0.3, -0.25) is 0 Å². The van der Waals surface area contributed by atoms with Crippen molar-refractivity contribution in [2.75, 3.05) is 25.2 Å². The van der Waals surface area contributed by atoms with Gasteiger partial charge in [0.15, 0.2) is 6.04 Å². The number of rotatable bonds is 4. The Morgan fingerprint density at radius 2 is 2.41 bits per heavy atom. The van der Waals surface area contributed by atoms with Gasteiger partial charge in [-0.05, 0) is 24.1 Å². The number of hydrogen-bond acceptors (Lipinski definition) is 3. The van der Waals surface area contributed by atoms with Crippen LogP contribution in [0.3, 0.4) is 0 Å². The molecule has 0 bridgehead atoms. The number of methoxy groups -OCH3 is 1. The molecule has 1 atom stereocenters. The van der Waals surface area contributed by atoms with Crippen LogP contribution < -0.4 is 4.90 Å². The van der Waals surface area contributed by atoms with E-state index in [1.807, 2.05) is 0 Å². The van der Waals surface area contributed by atoms with E-state index in [1.54, 1.807) is 11.0 Å². The lowest BCUT2D eigenvalue weighted by Gasteiger charge is -2.26. The first kappa shape index (κ1) is 11.9. The van der Waals surface area contributed by atoms with Crippen LogP contribution in [0.5, 0.6) is 0 Å². The highest BCUT2D eigenvalue weighted by molar-refractivity contribution is 5.80. The number of carboxylic acids is 1. The molecule has 0 saturated heterocycles. The number of ether oxygens (including phenoxy) is 1. The minimum absolute atomic E-state index is 0.0886. The van der Waals surface area contributed by atoms with E-state index in [-0.39, 0.29) is 12.4 Å². The molecular formula is C12H14FNO3. The zero-order valence-corrected chi connectivity index (χ0v) is 9.52. The lowest BCUT2D eigenvalue weighted by atomic mass is 10.1. The van der Waals surface area contributed by atoms with Crippen molar-refractivity contribution in [1.82, 2.24) is 0 Å². The number of benzene rings is 1. The Morgan fingerprint density at radius 1 is 1.65 bits per heavy atom. The number of carboxylic acid groups (broad SMARTS) is 1. The van der Waals surface area contributed by atoms with Crippen molar-refractivity contribution in [2.45, 2.75) is 12.5 Å². The van der Waals surface area contributed by atoms with Crippen LogP contribution in [-0.2, 0) is 16.0 Å². The maximum atomic E-state index is 13.2. The third kappa shape index (κ3) is 2.24. The van der Waals surface area contributed by atoms with Crippen LogP contribution in [0, 0.1) is 5.82 Å². The smallest absolute Gasteiger partial charge is 0.328 e. The van der Waals surface area contributed by atoms with Crippen molar-refractivity contribution < 1.29 is 19.0 Å². The second-order valence-electron chi connectivity index (χ2n) is 4.03. The molecule has 2 rings (SSSR count). The Bertz CT molecular complexity index is 436. The zero-order chi connectivity index (χ0) is 12.4. The van der Waals surface area contributed by atoms with Crippen LogP contribution in [-0.4, -0.2) is 37.4 Å². The summed E-state index contributed by atoms with van der Waals surface area (Å²) in [5, 5.41) is 9.14. The van der Waals surface area contributed by atoms with Gasteiger partial charge < -0.3 is 14.7 Å². The van der Waals surface area contributed by atoms with Gasteiger partial charge in [0.25, 0.3) is 0 Å². The standard InChI is InChI=1S/C12H14FNO3/c1-17-7-11(12(15)16)14-5-4-8-2-3-9(13)6-10(8)14/h2-3,6,11H,4-5,7H2,1H3,(H,15,16). The molecule has 0 radical (unpaired) electrons. The molecule has 0 aliphatic carbocycles. The molecule has 1 aromatic rings. The first-order chi connectivity index (χ1) is 8.13. The summed E-state index contributed by atoms with van der Waals surface area (Å²) in [5.41, 5.74) is 1.64. The first-order valence-electron chi connectivity index (χ1n) is 5.40. The van der Waals surface area contributed by atoms with Gasteiger partial charge in [0.05, 0.1) is 6.61 Å². The van der Waals surface area contributed by atoms with E-state index in [4.69, 9.17) is 9.84 Å². The molecule has 0 saturated carbocycles. The van der Waals surface area contributed by atoms with E-state index < -0.39 is 12.0 Å². The van der Waals surface area contributed by atoms with Gasteiger partial charge in [-0.1, -0.05) is 6.07 Å². The van der Waals surface area contributed by atoms with E-state index in [0.29, 0.717) is 12.2 Å². The predicted molar refractivity (Wildman–Crippen MR) is 60.7 cm³/mol. The summed E-state index contributed by atoms with van der Waals surface area (Å²) in [7, 11) is 1.46. The monoisotopic (exact) mass is 239 g/mol. The molecule has 5 heteroatoms. The number of carbonyl (C=O) groups is 1. The fraction of sp³-hybridized carbons (Fsp3) is 0.417. The lowest BCUT2D eigenvalue weighted by Crippen LogP contribution is -2.43. The van der Waals surface area contributed by atoms with Gasteiger partial charge in [0.2, 0.25) is 0 Å². The molecular weight excluding hydrogens is 225 g/mol. The quantitative estimate of drug-likeness (QED) is 0.860. The normalized spacial score (nSPS) is 15.8. The van der Waals surface area contributed by atoms with Crippen LogP contribution in [0.25, 0.3) is 0 Å². The summed E-state index contributed by atoms with van der Waals surface area (Å²) in [6.07, 6.45) is 0.739. The van der Waals surface area contributed by atoms with Gasteiger partial charge >= 0.3 is 5.97 Å². The van der Waals surface area contributed by atoms with Crippen molar-refractivity contribution in [3.8, 4) is 0 Å². The molecule has 1 aliphatic heterocycles. The Morgan fingerprint density at radius 3 is 3.06 bits per heavy atom. The molecule has 17 heavy (non-hydrogen) atoms. The van der Waals surface area contributed by atoms with Crippen LogP contribution in [0.2, 0.25) is 0 Å². The largest absolute Gasteiger partial charge is 0.480 e. The van der Waals surface area contributed by atoms with Crippen molar-refractivity contribution in [2.24, 2.45) is 0 Å². The summed E-state index contributed by atoms with van der Waals surface area (Å²) in [4.78, 5) is 12.8. The Hall–Kier alpha value is -1.62. The highest BCUT2D eigenvalue weighted by Crippen LogP contribution is 2.30. The molecule has 1 unspecified atom stereocenters. The summed E-state index contributed by atoms with van der Waals surface area (Å²) in [6.45, 7) is 0.671. The molecule has 1 aromatic carbocycles. The summed E-state index contributed by atoms with van der Waals surface area (Å²) in [6, 6.07) is 3.72. The summed E-state index contributed by atoms with van der Waals surface area (Å²) >= 11 is 0. The Balaban J connectivity index is 2.30. The van der Waals surface area contributed by atoms with Gasteiger partial charge in [0, 0.05) is 19.3 Å². The van der Waals surface area contributed by atoms with Crippen LogP contribution in [0.15, 0.2) is 18.2 Å². The molecule has 0 aromatic heterocycles. The second kappa shape index (κ2) is 4.71. The maximum Gasteiger partial charge on any atom is 0.328 e. The second-order valence-corrected chi connectivity index (χ2v) is 4.03. The van der Waals surface area contributed by atoms with Crippen LogP contribution in [0.1, 0.15) is 5.56 Å². The number of halogens is 1. The molecule has 0 fully saturated rings. The van der Waals surface area contributed by atoms with Crippen molar-refractivity contribution in [3.05, 3.63) is 29.6 Å². The SMILES string of the molecule is COCC(C(=O)O)N1CCc2ccc(F)cc21. The minimum Gasteiger partial charge on any atom is -0.480 e. The number of aliphatic carboxylic acids is 1. The first-order valence-corrected chi connectivity index (χ1v) is 5.40. The van der Waals surface area contributed by atoms with E-state index in [0.717, 1.165) is 12.0 Å². The summed E-state index contributed by atoms with van der Waals surface area (Å²) in [5.74, 6) is -1.30. The molecule has 1 N–H and O–H groups in total. The molecule has 0 amide bonds. The average molecular weight is 239 g/mol. The third-order valence-electron chi connectivity index (χ3n) is 2.96. The number of nitrogens with zero attached hydrogens (tertiary/aromatic N) is 1. The van der Waals surface area contributed by atoms with Gasteiger partial charge in [-0.25, -0.2) is 9.18 Å². The van der Waals surface area contributed by atoms with E-state index in [1.165, 1.54) is 19.2 Å². The number of fused-ring (bicyclic) bond motifs is 1. The number of anilines is 1. The van der Waals surface area contributed by atoms with Crippen molar-refractivity contribution >= 4 is 11.7 Å². The van der Waals surface area contributed by atoms with Crippen LogP contribution >= 0.6 is 0 Å². The lowest BCUT2D eigenvalue weighted by molar-refractivity contribution is -0.139. The van der Waals surface area contributed by atoms with Crippen molar-refractivity contribution in [3.63, 3.8) is 0 Å². The fourth-order valence-electron chi connectivity index (χ4n) is 2.15. The van der Waals surface area contributed by atoms with Gasteiger partial charge in [-0.2, -0.15) is 0 Å². The Labute approximate surface area is 98.6 Å². The highest BCUT2D eigenvalue weighted by atomic mass is 19.1. The van der Waals surface area contributed by atoms with Crippen molar-refractivity contribution in [1.29, 1.82) is 0 Å². The molecule has 0 spiro atoms. The van der Waals surface area contributed by atoms with E-state index in [2.05, 4.69) is 0 Å². The van der Waals surface area contributed by atoms with E-state index >= 15 is 0 Å². The molecule has 1 aliphatic rings. The van der Waals surface area contributed by atoms with Gasteiger partial charge in [-0.15, -0.1) is 0 Å². The molecule has 4 nitrogen and oxygen atoms in total. The molecule has 1 heterocycles. The predicted octanol–water partition coefficient (Wildman–Crippen LogP) is 1.29. The minimum atomic E-state index is -0.955. The third-order valence-corrected chi connectivity index (χ3v) is 2.96. The molecule has 92 valence electrons. The average Bonchev–Trinajstić information content (AvgIpc) is 2.68. The fourth-order valence-corrected chi connectivity index (χ4v) is 2.15. The van der Waals surface area contributed by atoms with E-state index in [9.17, 15) is 9.18 Å².